The summed E-state index contributed by atoms with van der Waals surface area (Å²) < 4.78 is 13.8. The third-order valence-corrected chi connectivity index (χ3v) is 5.07. The van der Waals surface area contributed by atoms with Crippen molar-refractivity contribution in [1.82, 2.24) is 0 Å². The van der Waals surface area contributed by atoms with Gasteiger partial charge in [0, 0.05) is 17.4 Å². The number of nitro benzene ring substituents is 1. The summed E-state index contributed by atoms with van der Waals surface area (Å²) in [7, 11) is 0. The molecule has 0 saturated carbocycles. The van der Waals surface area contributed by atoms with Gasteiger partial charge in [-0.05, 0) is 25.2 Å². The molecule has 0 aromatic heterocycles. The van der Waals surface area contributed by atoms with Crippen LogP contribution in [0.2, 0.25) is 0 Å². The Balaban J connectivity index is 2.80. The molecule has 0 fully saturated rings. The van der Waals surface area contributed by atoms with Gasteiger partial charge < -0.3 is 5.32 Å². The van der Waals surface area contributed by atoms with E-state index in [1.54, 1.807) is 11.8 Å². The lowest BCUT2D eigenvalue weighted by atomic mass is 10.0. The number of nitro groups is 1. The van der Waals surface area contributed by atoms with Crippen LogP contribution in [0.25, 0.3) is 0 Å². The molecule has 6 heteroatoms. The van der Waals surface area contributed by atoms with E-state index in [4.69, 9.17) is 0 Å². The first-order chi connectivity index (χ1) is 8.98. The molecule has 0 aliphatic carbocycles. The van der Waals surface area contributed by atoms with Crippen molar-refractivity contribution in [3.8, 4) is 0 Å². The first-order valence-corrected chi connectivity index (χ1v) is 7.43. The van der Waals surface area contributed by atoms with Crippen LogP contribution in [0.15, 0.2) is 18.2 Å². The maximum atomic E-state index is 13.7. The van der Waals surface area contributed by atoms with E-state index in [0.29, 0.717) is 12.2 Å². The highest BCUT2D eigenvalue weighted by Gasteiger charge is 2.25. The first kappa shape index (κ1) is 15.8. The van der Waals surface area contributed by atoms with Crippen molar-refractivity contribution in [2.45, 2.75) is 31.4 Å². The standard InChI is InChI=1S/C13H19FN2O2S/c1-4-13(5-2,19-3)9-15-12-7-6-10(16(17)18)8-11(12)14/h6-8,15H,4-5,9H2,1-3H3. The van der Waals surface area contributed by atoms with Crippen molar-refractivity contribution in [3.05, 3.63) is 34.1 Å². The van der Waals surface area contributed by atoms with Crippen LogP contribution in [0.5, 0.6) is 0 Å². The van der Waals surface area contributed by atoms with Gasteiger partial charge in [-0.1, -0.05) is 13.8 Å². The zero-order chi connectivity index (χ0) is 14.5. The van der Waals surface area contributed by atoms with Gasteiger partial charge in [-0.2, -0.15) is 11.8 Å². The molecule has 1 rings (SSSR count). The predicted octanol–water partition coefficient (Wildman–Crippen LogP) is 4.07. The van der Waals surface area contributed by atoms with E-state index in [1.807, 2.05) is 6.26 Å². The van der Waals surface area contributed by atoms with Crippen molar-refractivity contribution < 1.29 is 9.31 Å². The van der Waals surface area contributed by atoms with Crippen LogP contribution in [0.3, 0.4) is 0 Å². The highest BCUT2D eigenvalue weighted by Crippen LogP contribution is 2.31. The lowest BCUT2D eigenvalue weighted by Crippen LogP contribution is -2.32. The van der Waals surface area contributed by atoms with Crippen LogP contribution < -0.4 is 5.32 Å². The van der Waals surface area contributed by atoms with Crippen molar-refractivity contribution in [1.29, 1.82) is 0 Å². The van der Waals surface area contributed by atoms with Gasteiger partial charge in [-0.3, -0.25) is 10.1 Å². The van der Waals surface area contributed by atoms with E-state index >= 15 is 0 Å². The summed E-state index contributed by atoms with van der Waals surface area (Å²) >= 11 is 1.76. The Hall–Kier alpha value is -1.30. The minimum atomic E-state index is -0.600. The molecule has 1 N–H and O–H groups in total. The smallest absolute Gasteiger partial charge is 0.272 e. The summed E-state index contributed by atoms with van der Waals surface area (Å²) in [6, 6.07) is 3.68. The fraction of sp³-hybridized carbons (Fsp3) is 0.538. The molecular weight excluding hydrogens is 267 g/mol. The average Bonchev–Trinajstić information content (AvgIpc) is 2.42. The third-order valence-electron chi connectivity index (χ3n) is 3.49. The quantitative estimate of drug-likeness (QED) is 0.606. The van der Waals surface area contributed by atoms with Crippen molar-refractivity contribution in [2.24, 2.45) is 0 Å². The Labute approximate surface area is 116 Å². The number of anilines is 1. The molecule has 0 saturated heterocycles. The predicted molar refractivity (Wildman–Crippen MR) is 78.4 cm³/mol. The number of thioether (sulfide) groups is 1. The van der Waals surface area contributed by atoms with Crippen LogP contribution in [0.4, 0.5) is 15.8 Å². The van der Waals surface area contributed by atoms with Crippen molar-refractivity contribution in [2.75, 3.05) is 18.1 Å². The summed E-state index contributed by atoms with van der Waals surface area (Å²) in [5.41, 5.74) is 0.0797. The van der Waals surface area contributed by atoms with Crippen molar-refractivity contribution >= 4 is 23.1 Å². The number of nitrogens with one attached hydrogen (secondary N) is 1. The van der Waals surface area contributed by atoms with Crippen LogP contribution in [0, 0.1) is 15.9 Å². The molecule has 0 aliphatic rings. The molecule has 0 unspecified atom stereocenters. The zero-order valence-corrected chi connectivity index (χ0v) is 12.2. The van der Waals surface area contributed by atoms with E-state index in [0.717, 1.165) is 18.9 Å². The lowest BCUT2D eigenvalue weighted by molar-refractivity contribution is -0.385. The zero-order valence-electron chi connectivity index (χ0n) is 11.4. The molecule has 1 aromatic carbocycles. The molecule has 1 aromatic rings. The Bertz CT molecular complexity index is 442. The maximum Gasteiger partial charge on any atom is 0.272 e. The monoisotopic (exact) mass is 286 g/mol. The second-order valence-electron chi connectivity index (χ2n) is 4.37. The highest BCUT2D eigenvalue weighted by molar-refractivity contribution is 8.00. The summed E-state index contributed by atoms with van der Waals surface area (Å²) in [6.45, 7) is 4.84. The van der Waals surface area contributed by atoms with Gasteiger partial charge in [0.25, 0.3) is 5.69 Å². The number of halogens is 1. The van der Waals surface area contributed by atoms with Gasteiger partial charge in [-0.25, -0.2) is 4.39 Å². The van der Waals surface area contributed by atoms with Crippen LogP contribution in [-0.2, 0) is 0 Å². The van der Waals surface area contributed by atoms with E-state index in [-0.39, 0.29) is 10.4 Å². The maximum absolute atomic E-state index is 13.7. The van der Waals surface area contributed by atoms with E-state index in [9.17, 15) is 14.5 Å². The lowest BCUT2D eigenvalue weighted by Gasteiger charge is -2.30. The minimum Gasteiger partial charge on any atom is -0.381 e. The Kier molecular flexibility index (Phi) is 5.60. The summed E-state index contributed by atoms with van der Waals surface area (Å²) in [5.74, 6) is -0.587. The molecule has 0 bridgehead atoms. The van der Waals surface area contributed by atoms with Crippen LogP contribution in [0.1, 0.15) is 26.7 Å². The molecule has 0 spiro atoms. The van der Waals surface area contributed by atoms with Gasteiger partial charge >= 0.3 is 0 Å². The highest BCUT2D eigenvalue weighted by atomic mass is 32.2. The number of benzene rings is 1. The minimum absolute atomic E-state index is 0.0637. The second-order valence-corrected chi connectivity index (χ2v) is 5.64. The van der Waals surface area contributed by atoms with Gasteiger partial charge in [-0.15, -0.1) is 0 Å². The number of nitrogens with zero attached hydrogens (tertiary/aromatic N) is 1. The summed E-state index contributed by atoms with van der Waals surface area (Å²) in [6.07, 6.45) is 4.00. The van der Waals surface area contributed by atoms with Gasteiger partial charge in [0.15, 0.2) is 5.82 Å². The molecule has 4 nitrogen and oxygen atoms in total. The second kappa shape index (κ2) is 6.75. The fourth-order valence-corrected chi connectivity index (χ4v) is 2.67. The number of non-ortho nitro benzene ring substituents is 1. The third kappa shape index (κ3) is 3.83. The largest absolute Gasteiger partial charge is 0.381 e. The average molecular weight is 286 g/mol. The summed E-state index contributed by atoms with van der Waals surface area (Å²) in [5, 5.41) is 13.6. The van der Waals surface area contributed by atoms with Gasteiger partial charge in [0.2, 0.25) is 0 Å². The van der Waals surface area contributed by atoms with Crippen LogP contribution in [-0.4, -0.2) is 22.5 Å². The normalized spacial score (nSPS) is 11.4. The topological polar surface area (TPSA) is 55.2 Å². The molecule has 0 amide bonds. The number of hydrogen-bond donors (Lipinski definition) is 1. The van der Waals surface area contributed by atoms with Gasteiger partial charge in [0.05, 0.1) is 16.7 Å². The Morgan fingerprint density at radius 2 is 2.05 bits per heavy atom. The molecule has 0 radical (unpaired) electrons. The van der Waals surface area contributed by atoms with E-state index in [1.165, 1.54) is 12.1 Å². The van der Waals surface area contributed by atoms with E-state index in [2.05, 4.69) is 19.2 Å². The van der Waals surface area contributed by atoms with Crippen molar-refractivity contribution in [3.63, 3.8) is 0 Å². The molecule has 106 valence electrons. The molecule has 0 heterocycles. The van der Waals surface area contributed by atoms with E-state index < -0.39 is 10.7 Å². The molecule has 0 aliphatic heterocycles. The molecular formula is C13H19FN2O2S. The van der Waals surface area contributed by atoms with Gasteiger partial charge in [0.1, 0.15) is 0 Å². The SMILES string of the molecule is CCC(CC)(CNc1ccc([N+](=O)[O-])cc1F)SC. The Morgan fingerprint density at radius 3 is 2.47 bits per heavy atom. The van der Waals surface area contributed by atoms with Crippen LogP contribution >= 0.6 is 11.8 Å². The first-order valence-electron chi connectivity index (χ1n) is 6.21. The molecule has 19 heavy (non-hydrogen) atoms. The number of hydrogen-bond acceptors (Lipinski definition) is 4. The molecule has 0 atom stereocenters. The number of rotatable bonds is 7. The Morgan fingerprint density at radius 1 is 1.42 bits per heavy atom. The fourth-order valence-electron chi connectivity index (χ4n) is 1.88. The summed E-state index contributed by atoms with van der Waals surface area (Å²) in [4.78, 5) is 9.94.